The van der Waals surface area contributed by atoms with Crippen LogP contribution in [-0.4, -0.2) is 17.6 Å². The molecule has 25 heavy (non-hydrogen) atoms. The van der Waals surface area contributed by atoms with Crippen molar-refractivity contribution in [3.05, 3.63) is 51.2 Å². The topological polar surface area (TPSA) is 39.2 Å². The number of carbonyl (C=O) groups excluding carboxylic acids is 1. The fourth-order valence-corrected chi connectivity index (χ4v) is 4.79. The molecule has 1 aromatic heterocycles. The normalized spacial score (nSPS) is 21.6. The Labute approximate surface area is 157 Å². The second kappa shape index (κ2) is 6.62. The van der Waals surface area contributed by atoms with E-state index in [2.05, 4.69) is 6.08 Å². The quantitative estimate of drug-likeness (QED) is 0.527. The lowest BCUT2D eigenvalue weighted by atomic mass is 9.71. The monoisotopic (exact) mass is 375 g/mol. The molecule has 0 radical (unpaired) electrons. The molecule has 0 aliphatic heterocycles. The maximum atomic E-state index is 11.8. The van der Waals surface area contributed by atoms with Gasteiger partial charge in [0.15, 0.2) is 0 Å². The van der Waals surface area contributed by atoms with E-state index in [9.17, 15) is 4.79 Å². The van der Waals surface area contributed by atoms with Crippen molar-refractivity contribution < 1.29 is 9.53 Å². The van der Waals surface area contributed by atoms with E-state index in [-0.39, 0.29) is 5.97 Å². The van der Waals surface area contributed by atoms with Gasteiger partial charge in [0.2, 0.25) is 0 Å². The number of rotatable bonds is 3. The fraction of sp³-hybridized carbons (Fsp3) is 0.400. The molecule has 0 spiro atoms. The summed E-state index contributed by atoms with van der Waals surface area (Å²) in [4.78, 5) is 16.7. The van der Waals surface area contributed by atoms with Crippen LogP contribution in [0.5, 0.6) is 0 Å². The van der Waals surface area contributed by atoms with Crippen LogP contribution in [0, 0.1) is 5.92 Å². The molecule has 1 aromatic carbocycles. The van der Waals surface area contributed by atoms with Crippen LogP contribution in [0.3, 0.4) is 0 Å². The van der Waals surface area contributed by atoms with Gasteiger partial charge in [0.25, 0.3) is 0 Å². The lowest BCUT2D eigenvalue weighted by Gasteiger charge is -2.35. The third-order valence-corrected chi connectivity index (χ3v) is 5.75. The molecular weight excluding hydrogens is 357 g/mol. The third kappa shape index (κ3) is 3.16. The van der Waals surface area contributed by atoms with Crippen LogP contribution in [0.15, 0.2) is 29.8 Å². The summed E-state index contributed by atoms with van der Waals surface area (Å²) < 4.78 is 5.10. The van der Waals surface area contributed by atoms with Gasteiger partial charge in [-0.2, -0.15) is 0 Å². The number of nitrogens with zero attached hydrogens (tertiary/aromatic N) is 1. The van der Waals surface area contributed by atoms with Gasteiger partial charge < -0.3 is 4.74 Å². The Morgan fingerprint density at radius 3 is 2.96 bits per heavy atom. The minimum atomic E-state index is -0.147. The molecule has 2 aliphatic carbocycles. The molecule has 2 aliphatic rings. The highest BCUT2D eigenvalue weighted by Gasteiger charge is 2.34. The van der Waals surface area contributed by atoms with Crippen molar-refractivity contribution in [1.82, 2.24) is 4.98 Å². The van der Waals surface area contributed by atoms with Crippen molar-refractivity contribution in [2.75, 3.05) is 6.61 Å². The lowest BCUT2D eigenvalue weighted by molar-refractivity contribution is -0.142. The van der Waals surface area contributed by atoms with Crippen molar-refractivity contribution >= 4 is 40.1 Å². The summed E-state index contributed by atoms with van der Waals surface area (Å²) in [5.74, 6) is 0.588. The number of allylic oxidation sites excluding steroid dienone is 1. The average molecular weight is 376 g/mol. The number of ether oxygens (including phenoxy) is 1. The Bertz CT molecular complexity index is 891. The highest BCUT2D eigenvalue weighted by Crippen LogP contribution is 2.47. The minimum absolute atomic E-state index is 0.147. The summed E-state index contributed by atoms with van der Waals surface area (Å²) in [5.41, 5.74) is 4.25. The van der Waals surface area contributed by atoms with E-state index >= 15 is 0 Å². The third-order valence-electron chi connectivity index (χ3n) is 5.11. The van der Waals surface area contributed by atoms with Gasteiger partial charge in [-0.05, 0) is 61.8 Å². The Balaban J connectivity index is 1.70. The van der Waals surface area contributed by atoms with Crippen LogP contribution < -0.4 is 0 Å². The van der Waals surface area contributed by atoms with Crippen molar-refractivity contribution in [2.24, 2.45) is 5.92 Å². The van der Waals surface area contributed by atoms with Gasteiger partial charge in [0.05, 0.1) is 23.6 Å². The maximum absolute atomic E-state index is 11.8. The predicted molar refractivity (Wildman–Crippen MR) is 100 cm³/mol. The number of halogens is 2. The second-order valence-electron chi connectivity index (χ2n) is 6.86. The van der Waals surface area contributed by atoms with E-state index in [1.807, 2.05) is 25.1 Å². The van der Waals surface area contributed by atoms with Gasteiger partial charge >= 0.3 is 5.97 Å². The molecule has 2 aromatic rings. The molecule has 0 N–H and O–H groups in total. The van der Waals surface area contributed by atoms with Gasteiger partial charge in [0, 0.05) is 16.1 Å². The fourth-order valence-electron chi connectivity index (χ4n) is 4.20. The predicted octanol–water partition coefficient (Wildman–Crippen LogP) is 5.47. The van der Waals surface area contributed by atoms with Crippen molar-refractivity contribution in [3.63, 3.8) is 0 Å². The van der Waals surface area contributed by atoms with E-state index in [4.69, 9.17) is 32.9 Å². The molecule has 130 valence electrons. The van der Waals surface area contributed by atoms with Gasteiger partial charge in [-0.1, -0.05) is 34.9 Å². The SMILES string of the molecule is CCOC(=O)CC1=C[C@@H]2Cc3nc4cc(Cl)ccc4c(Cl)c3[C@H](C1)C2. The number of aromatic nitrogens is 1. The highest BCUT2D eigenvalue weighted by atomic mass is 35.5. The summed E-state index contributed by atoms with van der Waals surface area (Å²) >= 11 is 12.9. The van der Waals surface area contributed by atoms with E-state index < -0.39 is 0 Å². The van der Waals surface area contributed by atoms with Gasteiger partial charge in [-0.3, -0.25) is 9.78 Å². The van der Waals surface area contributed by atoms with E-state index in [1.165, 1.54) is 0 Å². The first-order valence-corrected chi connectivity index (χ1v) is 9.43. The van der Waals surface area contributed by atoms with E-state index in [0.717, 1.165) is 52.0 Å². The smallest absolute Gasteiger partial charge is 0.309 e. The Hall–Kier alpha value is -1.58. The summed E-state index contributed by atoms with van der Waals surface area (Å²) in [6.45, 7) is 2.26. The molecule has 0 fully saturated rings. The molecule has 2 bridgehead atoms. The summed E-state index contributed by atoms with van der Waals surface area (Å²) in [6, 6.07) is 5.66. The largest absolute Gasteiger partial charge is 0.466 e. The minimum Gasteiger partial charge on any atom is -0.466 e. The van der Waals surface area contributed by atoms with Gasteiger partial charge in [-0.15, -0.1) is 0 Å². The average Bonchev–Trinajstić information content (AvgIpc) is 2.54. The molecule has 5 heteroatoms. The van der Waals surface area contributed by atoms with Crippen molar-refractivity contribution in [3.8, 4) is 0 Å². The zero-order chi connectivity index (χ0) is 17.6. The van der Waals surface area contributed by atoms with Crippen LogP contribution in [-0.2, 0) is 16.0 Å². The highest BCUT2D eigenvalue weighted by molar-refractivity contribution is 6.37. The van der Waals surface area contributed by atoms with Crippen LogP contribution in [0.2, 0.25) is 10.0 Å². The number of hydrogen-bond acceptors (Lipinski definition) is 3. The standard InChI is InChI=1S/C20H19Cl2NO2/c1-2-25-18(24)9-12-5-11-6-13(7-12)19-17(8-11)23-16-10-14(21)3-4-15(16)20(19)22/h3-5,10-11,13H,2,6-9H2,1H3/t11-,13-/m0/s1. The zero-order valence-electron chi connectivity index (χ0n) is 14.0. The summed E-state index contributed by atoms with van der Waals surface area (Å²) in [7, 11) is 0. The molecule has 2 atom stereocenters. The first-order chi connectivity index (χ1) is 12.0. The number of esters is 1. The lowest BCUT2D eigenvalue weighted by Crippen LogP contribution is -2.24. The van der Waals surface area contributed by atoms with Crippen molar-refractivity contribution in [2.45, 2.75) is 38.5 Å². The Morgan fingerprint density at radius 1 is 1.32 bits per heavy atom. The van der Waals surface area contributed by atoms with E-state index in [0.29, 0.717) is 29.9 Å². The summed E-state index contributed by atoms with van der Waals surface area (Å²) in [6.07, 6.45) is 5.40. The van der Waals surface area contributed by atoms with Crippen molar-refractivity contribution in [1.29, 1.82) is 0 Å². The van der Waals surface area contributed by atoms with Crippen LogP contribution in [0.25, 0.3) is 10.9 Å². The van der Waals surface area contributed by atoms with Crippen LogP contribution in [0.4, 0.5) is 0 Å². The number of benzene rings is 1. The van der Waals surface area contributed by atoms with Crippen LogP contribution in [0.1, 0.15) is 43.4 Å². The molecule has 3 nitrogen and oxygen atoms in total. The molecule has 0 saturated heterocycles. The number of fused-ring (bicyclic) bond motifs is 5. The Morgan fingerprint density at radius 2 is 2.16 bits per heavy atom. The first kappa shape index (κ1) is 16.9. The molecular formula is C20H19Cl2NO2. The molecule has 0 amide bonds. The number of hydrogen-bond donors (Lipinski definition) is 0. The van der Waals surface area contributed by atoms with Crippen LogP contribution >= 0.6 is 23.2 Å². The molecule has 4 rings (SSSR count). The van der Waals surface area contributed by atoms with Gasteiger partial charge in [0.1, 0.15) is 0 Å². The molecule has 1 heterocycles. The molecule has 0 unspecified atom stereocenters. The zero-order valence-corrected chi connectivity index (χ0v) is 15.5. The van der Waals surface area contributed by atoms with Gasteiger partial charge in [-0.25, -0.2) is 0 Å². The number of pyridine rings is 1. The molecule has 0 saturated carbocycles. The maximum Gasteiger partial charge on any atom is 0.309 e. The number of carbonyl (C=O) groups is 1. The van der Waals surface area contributed by atoms with E-state index in [1.54, 1.807) is 0 Å². The first-order valence-electron chi connectivity index (χ1n) is 8.68. The summed E-state index contributed by atoms with van der Waals surface area (Å²) in [5, 5.41) is 2.41. The Kier molecular flexibility index (Phi) is 4.47. The second-order valence-corrected chi connectivity index (χ2v) is 7.67.